The summed E-state index contributed by atoms with van der Waals surface area (Å²) in [4.78, 5) is 2.68. The maximum atomic E-state index is 12.4. The number of piperidine rings is 1. The highest BCUT2D eigenvalue weighted by Crippen LogP contribution is 2.38. The Morgan fingerprint density at radius 1 is 1.11 bits per heavy atom. The van der Waals surface area contributed by atoms with E-state index < -0.39 is 15.6 Å². The molecule has 10 heteroatoms. The van der Waals surface area contributed by atoms with Gasteiger partial charge < -0.3 is 10.6 Å². The van der Waals surface area contributed by atoms with Crippen molar-refractivity contribution in [3.63, 3.8) is 0 Å². The number of nitriles is 1. The highest BCUT2D eigenvalue weighted by atomic mass is 32.2. The molecule has 0 radical (unpaired) electrons. The van der Waals surface area contributed by atoms with Gasteiger partial charge in [-0.3, -0.25) is 9.58 Å². The van der Waals surface area contributed by atoms with Crippen molar-refractivity contribution < 1.29 is 8.42 Å². The first kappa shape index (κ1) is 26.0. The van der Waals surface area contributed by atoms with Gasteiger partial charge in [-0.05, 0) is 54.9 Å². The van der Waals surface area contributed by atoms with E-state index in [4.69, 9.17) is 5.10 Å². The maximum absolute atomic E-state index is 12.4. The van der Waals surface area contributed by atoms with Crippen molar-refractivity contribution in [2.45, 2.75) is 42.8 Å². The Morgan fingerprint density at radius 3 is 2.47 bits per heavy atom. The lowest BCUT2D eigenvalue weighted by Crippen LogP contribution is -2.46. The molecule has 0 unspecified atom stereocenters. The summed E-state index contributed by atoms with van der Waals surface area (Å²) >= 11 is 0. The number of rotatable bonds is 8. The van der Waals surface area contributed by atoms with Crippen LogP contribution in [0.4, 0.5) is 11.5 Å². The fraction of sp³-hybridized carbons (Fsp3) is 0.357. The third-order valence-electron chi connectivity index (χ3n) is 7.45. The van der Waals surface area contributed by atoms with Gasteiger partial charge in [0.25, 0.3) is 0 Å². The molecule has 0 saturated carbocycles. The molecule has 0 amide bonds. The Balaban J connectivity index is 1.41. The van der Waals surface area contributed by atoms with Gasteiger partial charge in [0.15, 0.2) is 5.82 Å². The van der Waals surface area contributed by atoms with E-state index in [-0.39, 0.29) is 4.90 Å². The van der Waals surface area contributed by atoms with Crippen molar-refractivity contribution in [2.24, 2.45) is 0 Å². The fourth-order valence-corrected chi connectivity index (χ4v) is 6.11. The summed E-state index contributed by atoms with van der Waals surface area (Å²) in [5, 5.41) is 21.5. The molecular weight excluding hydrogens is 498 g/mol. The first-order chi connectivity index (χ1) is 18.3. The smallest absolute Gasteiger partial charge is 0.242 e. The summed E-state index contributed by atoms with van der Waals surface area (Å²) in [6.45, 7) is 3.29. The Hall–Kier alpha value is -3.65. The summed E-state index contributed by atoms with van der Waals surface area (Å²) in [6, 6.07) is 19.6. The molecule has 2 aliphatic heterocycles. The van der Waals surface area contributed by atoms with E-state index in [2.05, 4.69) is 50.5 Å². The normalized spacial score (nSPS) is 17.0. The average Bonchev–Trinajstić information content (AvgIpc) is 3.30. The molecule has 1 fully saturated rings. The molecule has 3 aromatic rings. The predicted octanol–water partition coefficient (Wildman–Crippen LogP) is 3.86. The average molecular weight is 532 g/mol. The molecule has 2 aromatic carbocycles. The number of hydrogen-bond acceptors (Lipinski definition) is 7. The number of aromatic nitrogens is 2. The second-order valence-corrected chi connectivity index (χ2v) is 12.2. The van der Waals surface area contributed by atoms with E-state index in [1.807, 2.05) is 18.3 Å². The number of hydrogen-bond donors (Lipinski definition) is 2. The highest BCUT2D eigenvalue weighted by Gasteiger charge is 2.40. The molecule has 198 valence electrons. The summed E-state index contributed by atoms with van der Waals surface area (Å²) in [6.07, 6.45) is 6.01. The number of anilines is 2. The van der Waals surface area contributed by atoms with Crippen LogP contribution in [-0.2, 0) is 28.7 Å². The van der Waals surface area contributed by atoms with E-state index in [9.17, 15) is 13.7 Å². The zero-order valence-electron chi connectivity index (χ0n) is 21.8. The molecule has 1 saturated heterocycles. The molecule has 5 rings (SSSR count). The van der Waals surface area contributed by atoms with E-state index in [0.717, 1.165) is 49.4 Å². The zero-order valence-corrected chi connectivity index (χ0v) is 22.6. The predicted molar refractivity (Wildman–Crippen MR) is 148 cm³/mol. The van der Waals surface area contributed by atoms with Crippen molar-refractivity contribution >= 4 is 27.6 Å². The lowest BCUT2D eigenvalue weighted by atomic mass is 9.84. The third kappa shape index (κ3) is 5.05. The molecule has 1 aromatic heterocycles. The topological polar surface area (TPSA) is 106 Å². The number of nitrogens with zero attached hydrogens (tertiary/aromatic N) is 5. The van der Waals surface area contributed by atoms with Gasteiger partial charge in [0.1, 0.15) is 0 Å². The van der Waals surface area contributed by atoms with Crippen LogP contribution in [0.1, 0.15) is 36.1 Å². The van der Waals surface area contributed by atoms with Gasteiger partial charge in [-0.15, -0.1) is 0 Å². The Morgan fingerprint density at radius 2 is 1.82 bits per heavy atom. The molecule has 9 nitrogen and oxygen atoms in total. The molecule has 3 heterocycles. The van der Waals surface area contributed by atoms with Gasteiger partial charge >= 0.3 is 0 Å². The number of benzene rings is 2. The fourth-order valence-electron chi connectivity index (χ4n) is 5.21. The quantitative estimate of drug-likeness (QED) is 0.455. The second kappa shape index (κ2) is 10.6. The van der Waals surface area contributed by atoms with Gasteiger partial charge in [0, 0.05) is 51.5 Å². The van der Waals surface area contributed by atoms with Gasteiger partial charge in [0.2, 0.25) is 10.0 Å². The SMILES string of the molecule is CN(C)S(=O)(=O)c1ccc(Nc2nn(C3(CC#N)CCN(Cc4ccccc4)CC3)c3c2CNC=C3)cc1. The third-order valence-corrected chi connectivity index (χ3v) is 9.28. The molecule has 0 aliphatic carbocycles. The van der Waals surface area contributed by atoms with Crippen molar-refractivity contribution in [1.82, 2.24) is 24.3 Å². The van der Waals surface area contributed by atoms with Gasteiger partial charge in [0.05, 0.1) is 28.6 Å². The van der Waals surface area contributed by atoms with E-state index >= 15 is 0 Å². The zero-order chi connectivity index (χ0) is 26.8. The van der Waals surface area contributed by atoms with Crippen LogP contribution in [0.3, 0.4) is 0 Å². The number of likely N-dealkylation sites (tertiary alicyclic amines) is 1. The van der Waals surface area contributed by atoms with Gasteiger partial charge in [-0.1, -0.05) is 30.3 Å². The van der Waals surface area contributed by atoms with Crippen LogP contribution in [0.5, 0.6) is 0 Å². The van der Waals surface area contributed by atoms with Crippen molar-refractivity contribution in [3.8, 4) is 6.07 Å². The van der Waals surface area contributed by atoms with Crippen LogP contribution in [0.25, 0.3) is 6.08 Å². The minimum atomic E-state index is -3.50. The minimum absolute atomic E-state index is 0.237. The summed E-state index contributed by atoms with van der Waals surface area (Å²) < 4.78 is 28.1. The van der Waals surface area contributed by atoms with Crippen molar-refractivity contribution in [2.75, 3.05) is 32.5 Å². The minimum Gasteiger partial charge on any atom is -0.387 e. The monoisotopic (exact) mass is 531 g/mol. The molecule has 0 atom stereocenters. The molecule has 0 spiro atoms. The summed E-state index contributed by atoms with van der Waals surface area (Å²) in [7, 11) is -0.462. The Labute approximate surface area is 224 Å². The van der Waals surface area contributed by atoms with Crippen molar-refractivity contribution in [3.05, 3.63) is 77.6 Å². The van der Waals surface area contributed by atoms with Gasteiger partial charge in [-0.2, -0.15) is 10.4 Å². The lowest BCUT2D eigenvalue weighted by molar-refractivity contribution is 0.0971. The Kier molecular flexibility index (Phi) is 7.25. The number of sulfonamides is 1. The van der Waals surface area contributed by atoms with Crippen LogP contribution in [0.15, 0.2) is 65.7 Å². The van der Waals surface area contributed by atoms with Crippen molar-refractivity contribution in [1.29, 1.82) is 5.26 Å². The molecule has 2 aliphatic rings. The van der Waals surface area contributed by atoms with Crippen LogP contribution < -0.4 is 10.6 Å². The van der Waals surface area contributed by atoms with Crippen LogP contribution in [0, 0.1) is 11.3 Å². The largest absolute Gasteiger partial charge is 0.387 e. The van der Waals surface area contributed by atoms with Crippen LogP contribution in [0.2, 0.25) is 0 Å². The Bertz CT molecular complexity index is 1450. The molecule has 2 N–H and O–H groups in total. The first-order valence-corrected chi connectivity index (χ1v) is 14.2. The van der Waals surface area contributed by atoms with Crippen LogP contribution in [-0.4, -0.2) is 54.6 Å². The van der Waals surface area contributed by atoms with E-state index in [1.165, 1.54) is 24.0 Å². The van der Waals surface area contributed by atoms with Crippen LogP contribution >= 0.6 is 0 Å². The molecule has 0 bridgehead atoms. The number of fused-ring (bicyclic) bond motifs is 1. The summed E-state index contributed by atoms with van der Waals surface area (Å²) in [5.74, 6) is 0.712. The highest BCUT2D eigenvalue weighted by molar-refractivity contribution is 7.89. The lowest BCUT2D eigenvalue weighted by Gasteiger charge is -2.41. The standard InChI is InChI=1S/C28H33N7O2S/c1-33(2)38(36,37)24-10-8-23(9-11-24)31-27-25-20-30-17-12-26(25)35(32-27)28(13-16-29)14-18-34(19-15-28)21-22-6-4-3-5-7-22/h3-12,17,30H,13-15,18-21H2,1-2H3,(H,31,32). The van der Waals surface area contributed by atoms with Gasteiger partial charge in [-0.25, -0.2) is 12.7 Å². The van der Waals surface area contributed by atoms with E-state index in [0.29, 0.717) is 18.8 Å². The molecular formula is C28H33N7O2S. The summed E-state index contributed by atoms with van der Waals surface area (Å²) in [5.41, 5.74) is 3.68. The molecule has 38 heavy (non-hydrogen) atoms. The second-order valence-electron chi connectivity index (χ2n) is 10.1. The number of nitrogens with one attached hydrogen (secondary N) is 2. The van der Waals surface area contributed by atoms with E-state index in [1.54, 1.807) is 24.3 Å². The maximum Gasteiger partial charge on any atom is 0.242 e. The first-order valence-electron chi connectivity index (χ1n) is 12.8.